The van der Waals surface area contributed by atoms with Crippen molar-refractivity contribution in [1.82, 2.24) is 4.57 Å². The van der Waals surface area contributed by atoms with Crippen molar-refractivity contribution >= 4 is 50.8 Å². The molecule has 0 aliphatic carbocycles. The second kappa shape index (κ2) is 6.78. The van der Waals surface area contributed by atoms with Crippen LogP contribution in [0, 0.1) is 0 Å². The molecule has 1 aromatic heterocycles. The highest BCUT2D eigenvalue weighted by molar-refractivity contribution is 6.31. The van der Waals surface area contributed by atoms with E-state index >= 15 is 0 Å². The van der Waals surface area contributed by atoms with E-state index in [4.69, 9.17) is 11.6 Å². The molecule has 0 bridgehead atoms. The first-order chi connectivity index (χ1) is 13.0. The van der Waals surface area contributed by atoms with Gasteiger partial charge < -0.3 is 15.0 Å². The molecule has 4 rings (SSSR count). The standard InChI is InChI=1S/C21H15ClN2O3/c22-13-6-8-16-18(10-13)24(12-20(25)26)19-11-15(7-9-17(19)21(16)27)23-14-4-2-1-3-5-14/h1-11,23H,12H2,(H,25,26). The van der Waals surface area contributed by atoms with Crippen LogP contribution in [-0.4, -0.2) is 15.6 Å². The maximum absolute atomic E-state index is 12.9. The van der Waals surface area contributed by atoms with E-state index in [0.29, 0.717) is 26.8 Å². The van der Waals surface area contributed by atoms with Gasteiger partial charge in [0.25, 0.3) is 0 Å². The van der Waals surface area contributed by atoms with Crippen LogP contribution in [0.25, 0.3) is 21.8 Å². The Morgan fingerprint density at radius 2 is 1.59 bits per heavy atom. The van der Waals surface area contributed by atoms with Crippen LogP contribution in [0.5, 0.6) is 0 Å². The van der Waals surface area contributed by atoms with E-state index in [0.717, 1.165) is 11.4 Å². The summed E-state index contributed by atoms with van der Waals surface area (Å²) in [5, 5.41) is 14.0. The summed E-state index contributed by atoms with van der Waals surface area (Å²) in [7, 11) is 0. The number of carboxylic acid groups (broad SMARTS) is 1. The largest absolute Gasteiger partial charge is 0.480 e. The fraction of sp³-hybridized carbons (Fsp3) is 0.0476. The highest BCUT2D eigenvalue weighted by atomic mass is 35.5. The second-order valence-corrected chi connectivity index (χ2v) is 6.63. The van der Waals surface area contributed by atoms with E-state index in [2.05, 4.69) is 5.32 Å². The number of aliphatic carboxylic acids is 1. The van der Waals surface area contributed by atoms with E-state index in [1.54, 1.807) is 34.9 Å². The predicted octanol–water partition coefficient (Wildman–Crippen LogP) is 4.64. The molecule has 0 radical (unpaired) electrons. The number of halogens is 1. The molecule has 0 aliphatic rings. The van der Waals surface area contributed by atoms with E-state index < -0.39 is 5.97 Å². The minimum atomic E-state index is -0.998. The highest BCUT2D eigenvalue weighted by Crippen LogP contribution is 2.26. The Bertz CT molecular complexity index is 1230. The van der Waals surface area contributed by atoms with Gasteiger partial charge in [0, 0.05) is 27.2 Å². The van der Waals surface area contributed by atoms with E-state index in [-0.39, 0.29) is 12.0 Å². The monoisotopic (exact) mass is 378 g/mol. The minimum Gasteiger partial charge on any atom is -0.480 e. The van der Waals surface area contributed by atoms with Crippen molar-refractivity contribution in [2.45, 2.75) is 6.54 Å². The van der Waals surface area contributed by atoms with Gasteiger partial charge in [-0.1, -0.05) is 29.8 Å². The zero-order valence-corrected chi connectivity index (χ0v) is 14.9. The number of anilines is 2. The molecule has 6 heteroatoms. The van der Waals surface area contributed by atoms with Gasteiger partial charge in [0.05, 0.1) is 11.0 Å². The first kappa shape index (κ1) is 17.1. The van der Waals surface area contributed by atoms with Gasteiger partial charge in [-0.3, -0.25) is 9.59 Å². The average Bonchev–Trinajstić information content (AvgIpc) is 2.65. The average molecular weight is 379 g/mol. The molecule has 0 spiro atoms. The van der Waals surface area contributed by atoms with E-state index in [1.807, 2.05) is 36.4 Å². The van der Waals surface area contributed by atoms with Crippen molar-refractivity contribution in [2.75, 3.05) is 5.32 Å². The summed E-state index contributed by atoms with van der Waals surface area (Å²) in [5.41, 5.74) is 2.54. The lowest BCUT2D eigenvalue weighted by Gasteiger charge is -2.15. The molecule has 0 unspecified atom stereocenters. The molecule has 5 nitrogen and oxygen atoms in total. The third-order valence-corrected chi connectivity index (χ3v) is 4.62. The van der Waals surface area contributed by atoms with Crippen LogP contribution >= 0.6 is 11.6 Å². The number of carboxylic acids is 1. The number of hydrogen-bond donors (Lipinski definition) is 2. The van der Waals surface area contributed by atoms with Crippen LogP contribution in [-0.2, 0) is 11.3 Å². The zero-order valence-electron chi connectivity index (χ0n) is 14.1. The molecule has 0 saturated heterocycles. The number of hydrogen-bond acceptors (Lipinski definition) is 3. The molecule has 27 heavy (non-hydrogen) atoms. The number of pyridine rings is 1. The molecule has 2 N–H and O–H groups in total. The minimum absolute atomic E-state index is 0.149. The molecule has 0 amide bonds. The zero-order chi connectivity index (χ0) is 19.0. The Labute approximate surface area is 159 Å². The number of nitrogens with zero attached hydrogens (tertiary/aromatic N) is 1. The normalized spacial score (nSPS) is 11.0. The SMILES string of the molecule is O=C(O)Cn1c2cc(Cl)ccc2c(=O)c2ccc(Nc3ccccc3)cc21. The number of benzene rings is 3. The molecule has 4 aromatic rings. The lowest BCUT2D eigenvalue weighted by Crippen LogP contribution is -2.16. The van der Waals surface area contributed by atoms with E-state index in [9.17, 15) is 14.7 Å². The van der Waals surface area contributed by atoms with Gasteiger partial charge in [0.15, 0.2) is 5.43 Å². The van der Waals surface area contributed by atoms with Crippen LogP contribution in [0.4, 0.5) is 11.4 Å². The van der Waals surface area contributed by atoms with Crippen molar-refractivity contribution in [3.05, 3.63) is 82.0 Å². The van der Waals surface area contributed by atoms with Crippen molar-refractivity contribution in [3.63, 3.8) is 0 Å². The molecule has 0 aliphatic heterocycles. The van der Waals surface area contributed by atoms with Crippen molar-refractivity contribution in [1.29, 1.82) is 0 Å². The number of nitrogens with one attached hydrogen (secondary N) is 1. The Hall–Kier alpha value is -3.31. The van der Waals surface area contributed by atoms with Gasteiger partial charge in [0.1, 0.15) is 6.54 Å². The molecule has 0 saturated carbocycles. The van der Waals surface area contributed by atoms with Crippen molar-refractivity contribution < 1.29 is 9.90 Å². The Kier molecular flexibility index (Phi) is 4.30. The van der Waals surface area contributed by atoms with Crippen molar-refractivity contribution in [2.24, 2.45) is 0 Å². The Morgan fingerprint density at radius 3 is 2.30 bits per heavy atom. The van der Waals surface area contributed by atoms with Gasteiger partial charge in [-0.25, -0.2) is 0 Å². The summed E-state index contributed by atoms with van der Waals surface area (Å²) in [6.45, 7) is -0.275. The fourth-order valence-corrected chi connectivity index (χ4v) is 3.38. The predicted molar refractivity (Wildman–Crippen MR) is 108 cm³/mol. The second-order valence-electron chi connectivity index (χ2n) is 6.19. The molecular formula is C21H15ClN2O3. The Morgan fingerprint density at radius 1 is 0.926 bits per heavy atom. The topological polar surface area (TPSA) is 71.3 Å². The maximum atomic E-state index is 12.9. The molecule has 3 aromatic carbocycles. The summed E-state index contributed by atoms with van der Waals surface area (Å²) < 4.78 is 1.61. The number of aromatic nitrogens is 1. The summed E-state index contributed by atoms with van der Waals surface area (Å²) in [6, 6.07) is 19.8. The number of para-hydroxylation sites is 1. The summed E-state index contributed by atoms with van der Waals surface area (Å²) >= 11 is 6.09. The first-order valence-corrected chi connectivity index (χ1v) is 8.70. The highest BCUT2D eigenvalue weighted by Gasteiger charge is 2.14. The van der Waals surface area contributed by atoms with Crippen molar-refractivity contribution in [3.8, 4) is 0 Å². The molecule has 134 valence electrons. The summed E-state index contributed by atoms with van der Waals surface area (Å²) in [5.74, 6) is -0.998. The Balaban J connectivity index is 1.99. The quantitative estimate of drug-likeness (QED) is 0.507. The smallest absolute Gasteiger partial charge is 0.323 e. The van der Waals surface area contributed by atoms with Crippen LogP contribution in [0.3, 0.4) is 0 Å². The molecule has 0 atom stereocenters. The number of rotatable bonds is 4. The van der Waals surface area contributed by atoms with Crippen LogP contribution in [0.15, 0.2) is 71.5 Å². The van der Waals surface area contributed by atoms with Crippen LogP contribution < -0.4 is 10.7 Å². The summed E-state index contributed by atoms with van der Waals surface area (Å²) in [6.07, 6.45) is 0. The molecule has 1 heterocycles. The lowest BCUT2D eigenvalue weighted by atomic mass is 10.1. The van der Waals surface area contributed by atoms with Gasteiger partial charge in [-0.2, -0.15) is 0 Å². The first-order valence-electron chi connectivity index (χ1n) is 8.32. The van der Waals surface area contributed by atoms with Gasteiger partial charge in [-0.15, -0.1) is 0 Å². The van der Waals surface area contributed by atoms with Gasteiger partial charge in [0.2, 0.25) is 0 Å². The summed E-state index contributed by atoms with van der Waals surface area (Å²) in [4.78, 5) is 24.3. The third-order valence-electron chi connectivity index (χ3n) is 4.38. The van der Waals surface area contributed by atoms with Gasteiger partial charge in [-0.05, 0) is 48.5 Å². The molecule has 0 fully saturated rings. The molecular weight excluding hydrogens is 364 g/mol. The number of carbonyl (C=O) groups is 1. The van der Waals surface area contributed by atoms with Crippen LogP contribution in [0.1, 0.15) is 0 Å². The third kappa shape index (κ3) is 3.25. The maximum Gasteiger partial charge on any atom is 0.323 e. The number of fused-ring (bicyclic) bond motifs is 2. The fourth-order valence-electron chi connectivity index (χ4n) is 3.21. The van der Waals surface area contributed by atoms with Crippen LogP contribution in [0.2, 0.25) is 5.02 Å². The van der Waals surface area contributed by atoms with E-state index in [1.165, 1.54) is 0 Å². The lowest BCUT2D eigenvalue weighted by molar-refractivity contribution is -0.137. The van der Waals surface area contributed by atoms with Gasteiger partial charge >= 0.3 is 5.97 Å².